The number of nitrogens with zero attached hydrogens (tertiary/aromatic N) is 1. The molecule has 1 fully saturated rings. The second kappa shape index (κ2) is 7.08. The lowest BCUT2D eigenvalue weighted by Gasteiger charge is -2.18. The number of carbonyl (C=O) groups is 3. The summed E-state index contributed by atoms with van der Waals surface area (Å²) in [6.07, 6.45) is 5.05. The van der Waals surface area contributed by atoms with Gasteiger partial charge in [-0.25, -0.2) is 4.90 Å². The first-order chi connectivity index (χ1) is 13.5. The van der Waals surface area contributed by atoms with Crippen molar-refractivity contribution in [3.63, 3.8) is 0 Å². The SMILES string of the molecule is Cc1ccc(NC(=O)c2ccccc2N2C(=O)[C@@H]3CC=CC[C@H]3C2=O)cc1C. The maximum Gasteiger partial charge on any atom is 0.257 e. The Kier molecular flexibility index (Phi) is 4.59. The third-order valence-corrected chi connectivity index (χ3v) is 5.66. The molecule has 0 radical (unpaired) electrons. The van der Waals surface area contributed by atoms with Gasteiger partial charge in [0.05, 0.1) is 23.1 Å². The minimum atomic E-state index is -0.340. The largest absolute Gasteiger partial charge is 0.322 e. The molecule has 0 spiro atoms. The summed E-state index contributed by atoms with van der Waals surface area (Å²) in [6, 6.07) is 12.5. The summed E-state index contributed by atoms with van der Waals surface area (Å²) in [6.45, 7) is 3.99. The first kappa shape index (κ1) is 18.2. The number of amides is 3. The van der Waals surface area contributed by atoms with Crippen molar-refractivity contribution in [1.82, 2.24) is 0 Å². The van der Waals surface area contributed by atoms with Crippen molar-refractivity contribution >= 4 is 29.1 Å². The zero-order valence-electron chi connectivity index (χ0n) is 15.9. The Hall–Kier alpha value is -3.21. The predicted octanol–water partition coefficient (Wildman–Crippen LogP) is 4.01. The van der Waals surface area contributed by atoms with Crippen molar-refractivity contribution in [1.29, 1.82) is 0 Å². The maximum absolute atomic E-state index is 12.9. The number of nitrogens with one attached hydrogen (secondary N) is 1. The zero-order valence-corrected chi connectivity index (χ0v) is 15.9. The Bertz CT molecular complexity index is 983. The number of rotatable bonds is 3. The van der Waals surface area contributed by atoms with Crippen LogP contribution in [0.3, 0.4) is 0 Å². The number of benzene rings is 2. The van der Waals surface area contributed by atoms with Crippen LogP contribution in [-0.2, 0) is 9.59 Å². The van der Waals surface area contributed by atoms with Gasteiger partial charge in [-0.3, -0.25) is 14.4 Å². The van der Waals surface area contributed by atoms with E-state index < -0.39 is 0 Å². The van der Waals surface area contributed by atoms with Crippen molar-refractivity contribution in [2.45, 2.75) is 26.7 Å². The monoisotopic (exact) mass is 374 g/mol. The summed E-state index contributed by atoms with van der Waals surface area (Å²) in [7, 11) is 0. The average Bonchev–Trinajstić information content (AvgIpc) is 2.95. The Morgan fingerprint density at radius 1 is 0.929 bits per heavy atom. The standard InChI is InChI=1S/C23H22N2O3/c1-14-11-12-16(13-15(14)2)24-21(26)19-9-5-6-10-20(19)25-22(27)17-7-3-4-8-18(17)23(25)28/h3-6,9-13,17-18H,7-8H2,1-2H3,(H,24,26)/t17-,18-/m1/s1. The molecule has 142 valence electrons. The molecule has 5 heteroatoms. The Labute approximate surface area is 164 Å². The number of carbonyl (C=O) groups excluding carboxylic acids is 3. The fourth-order valence-electron chi connectivity index (χ4n) is 3.92. The molecule has 1 heterocycles. The Morgan fingerprint density at radius 2 is 1.57 bits per heavy atom. The highest BCUT2D eigenvalue weighted by atomic mass is 16.2. The van der Waals surface area contributed by atoms with Crippen LogP contribution >= 0.6 is 0 Å². The van der Waals surface area contributed by atoms with E-state index in [1.807, 2.05) is 44.2 Å². The predicted molar refractivity (Wildman–Crippen MR) is 108 cm³/mol. The Balaban J connectivity index is 1.65. The summed E-state index contributed by atoms with van der Waals surface area (Å²) in [5, 5.41) is 2.88. The van der Waals surface area contributed by atoms with E-state index in [0.717, 1.165) is 11.1 Å². The molecule has 0 saturated carbocycles. The van der Waals surface area contributed by atoms with Crippen LogP contribution in [0.15, 0.2) is 54.6 Å². The highest BCUT2D eigenvalue weighted by Gasteiger charge is 2.48. The van der Waals surface area contributed by atoms with Gasteiger partial charge in [-0.15, -0.1) is 0 Å². The highest BCUT2D eigenvalue weighted by molar-refractivity contribution is 6.25. The van der Waals surface area contributed by atoms with Crippen molar-refractivity contribution in [3.8, 4) is 0 Å². The van der Waals surface area contributed by atoms with E-state index in [0.29, 0.717) is 29.8 Å². The minimum Gasteiger partial charge on any atom is -0.322 e. The number of anilines is 2. The van der Waals surface area contributed by atoms with E-state index in [4.69, 9.17) is 0 Å². The van der Waals surface area contributed by atoms with Crippen molar-refractivity contribution in [2.75, 3.05) is 10.2 Å². The van der Waals surface area contributed by atoms with Crippen molar-refractivity contribution in [2.24, 2.45) is 11.8 Å². The van der Waals surface area contributed by atoms with E-state index in [2.05, 4.69) is 5.32 Å². The molecule has 0 bridgehead atoms. The molecule has 4 rings (SSSR count). The molecule has 2 aromatic carbocycles. The number of para-hydroxylation sites is 1. The molecule has 0 aromatic heterocycles. The van der Waals surface area contributed by atoms with Crippen LogP contribution in [-0.4, -0.2) is 17.7 Å². The van der Waals surface area contributed by atoms with Gasteiger partial charge >= 0.3 is 0 Å². The maximum atomic E-state index is 12.9. The molecule has 5 nitrogen and oxygen atoms in total. The number of aryl methyl sites for hydroxylation is 2. The molecule has 3 amide bonds. The number of hydrogen-bond donors (Lipinski definition) is 1. The summed E-state index contributed by atoms with van der Waals surface area (Å²) < 4.78 is 0. The van der Waals surface area contributed by atoms with Crippen LogP contribution in [0.1, 0.15) is 34.3 Å². The van der Waals surface area contributed by atoms with Gasteiger partial charge in [-0.2, -0.15) is 0 Å². The summed E-state index contributed by atoms with van der Waals surface area (Å²) >= 11 is 0. The lowest BCUT2D eigenvalue weighted by atomic mass is 9.85. The number of allylic oxidation sites excluding steroid dienone is 2. The molecule has 1 N–H and O–H groups in total. The number of fused-ring (bicyclic) bond motifs is 1. The zero-order chi connectivity index (χ0) is 19.8. The normalized spacial score (nSPS) is 21.0. The summed E-state index contributed by atoms with van der Waals surface area (Å²) in [5.41, 5.74) is 3.57. The van der Waals surface area contributed by atoms with Crippen LogP contribution in [0.5, 0.6) is 0 Å². The molecule has 1 aliphatic carbocycles. The second-order valence-electron chi connectivity index (χ2n) is 7.44. The van der Waals surface area contributed by atoms with Gasteiger partial charge in [-0.05, 0) is 62.1 Å². The average molecular weight is 374 g/mol. The minimum absolute atomic E-state index is 0.217. The third-order valence-electron chi connectivity index (χ3n) is 5.66. The molecule has 1 aliphatic heterocycles. The van der Waals surface area contributed by atoms with E-state index >= 15 is 0 Å². The molecule has 1 saturated heterocycles. The first-order valence-electron chi connectivity index (χ1n) is 9.48. The van der Waals surface area contributed by atoms with Gasteiger partial charge in [0.2, 0.25) is 11.8 Å². The van der Waals surface area contributed by atoms with E-state index in [1.165, 1.54) is 4.90 Å². The van der Waals surface area contributed by atoms with Crippen molar-refractivity contribution < 1.29 is 14.4 Å². The topological polar surface area (TPSA) is 66.5 Å². The van der Waals surface area contributed by atoms with Crippen LogP contribution in [0.2, 0.25) is 0 Å². The lowest BCUT2D eigenvalue weighted by molar-refractivity contribution is -0.122. The molecule has 2 atom stereocenters. The first-order valence-corrected chi connectivity index (χ1v) is 9.48. The van der Waals surface area contributed by atoms with Gasteiger partial charge in [0, 0.05) is 5.69 Å². The fraction of sp³-hybridized carbons (Fsp3) is 0.261. The molecular weight excluding hydrogens is 352 g/mol. The van der Waals surface area contributed by atoms with E-state index in [-0.39, 0.29) is 29.6 Å². The highest BCUT2D eigenvalue weighted by Crippen LogP contribution is 2.38. The van der Waals surface area contributed by atoms with Gasteiger partial charge in [-0.1, -0.05) is 30.4 Å². The van der Waals surface area contributed by atoms with Crippen molar-refractivity contribution in [3.05, 3.63) is 71.3 Å². The van der Waals surface area contributed by atoms with Gasteiger partial charge in [0.25, 0.3) is 5.91 Å². The van der Waals surface area contributed by atoms with Crippen LogP contribution in [0.25, 0.3) is 0 Å². The molecule has 2 aliphatic rings. The third kappa shape index (κ3) is 3.03. The van der Waals surface area contributed by atoms with Gasteiger partial charge < -0.3 is 5.32 Å². The van der Waals surface area contributed by atoms with E-state index in [1.54, 1.807) is 24.3 Å². The molecule has 2 aromatic rings. The second-order valence-corrected chi connectivity index (χ2v) is 7.44. The summed E-state index contributed by atoms with van der Waals surface area (Å²) in [4.78, 5) is 40.0. The number of hydrogen-bond acceptors (Lipinski definition) is 3. The lowest BCUT2D eigenvalue weighted by Crippen LogP contribution is -2.32. The van der Waals surface area contributed by atoms with Crippen LogP contribution in [0.4, 0.5) is 11.4 Å². The van der Waals surface area contributed by atoms with Gasteiger partial charge in [0.1, 0.15) is 0 Å². The quantitative estimate of drug-likeness (QED) is 0.652. The van der Waals surface area contributed by atoms with Gasteiger partial charge in [0.15, 0.2) is 0 Å². The molecular formula is C23H22N2O3. The fourth-order valence-corrected chi connectivity index (χ4v) is 3.92. The Morgan fingerprint density at radius 3 is 2.21 bits per heavy atom. The van der Waals surface area contributed by atoms with Crippen LogP contribution in [0, 0.1) is 25.7 Å². The summed E-state index contributed by atoms with van der Waals surface area (Å²) in [5.74, 6) is -1.43. The smallest absolute Gasteiger partial charge is 0.257 e. The molecule has 28 heavy (non-hydrogen) atoms. The van der Waals surface area contributed by atoms with E-state index in [9.17, 15) is 14.4 Å². The van der Waals surface area contributed by atoms with Crippen LogP contribution < -0.4 is 10.2 Å². The number of imide groups is 1. The molecule has 0 unspecified atom stereocenters.